The van der Waals surface area contributed by atoms with Crippen molar-refractivity contribution in [1.29, 1.82) is 0 Å². The van der Waals surface area contributed by atoms with Crippen molar-refractivity contribution in [1.82, 2.24) is 16.0 Å². The van der Waals surface area contributed by atoms with Crippen molar-refractivity contribution >= 4 is 24.2 Å². The summed E-state index contributed by atoms with van der Waals surface area (Å²) in [6, 6.07) is -0.740. The summed E-state index contributed by atoms with van der Waals surface area (Å²) in [6.07, 6.45) is 1.50. The molecule has 0 aromatic carbocycles. The SMILES string of the molecule is CCCC(NC(=O)CNC=O)C(=O)NCC(=O)OC. The maximum Gasteiger partial charge on any atom is 0.325 e. The highest BCUT2D eigenvalue weighted by atomic mass is 16.5. The van der Waals surface area contributed by atoms with Gasteiger partial charge in [0.25, 0.3) is 0 Å². The predicted molar refractivity (Wildman–Crippen MR) is 65.9 cm³/mol. The van der Waals surface area contributed by atoms with E-state index in [1.807, 2.05) is 6.92 Å². The Morgan fingerprint density at radius 1 is 1.26 bits per heavy atom. The van der Waals surface area contributed by atoms with Crippen LogP contribution in [0.2, 0.25) is 0 Å². The van der Waals surface area contributed by atoms with Crippen LogP contribution in [0.25, 0.3) is 0 Å². The number of methoxy groups -OCH3 is 1. The molecule has 1 atom stereocenters. The molecule has 8 nitrogen and oxygen atoms in total. The quantitative estimate of drug-likeness (QED) is 0.342. The fraction of sp³-hybridized carbons (Fsp3) is 0.636. The van der Waals surface area contributed by atoms with Crippen molar-refractivity contribution in [2.75, 3.05) is 20.2 Å². The summed E-state index contributed by atoms with van der Waals surface area (Å²) >= 11 is 0. The molecule has 0 bridgehead atoms. The van der Waals surface area contributed by atoms with Gasteiger partial charge in [-0.15, -0.1) is 0 Å². The second kappa shape index (κ2) is 9.86. The number of hydrogen-bond acceptors (Lipinski definition) is 5. The molecule has 0 aromatic rings. The molecule has 19 heavy (non-hydrogen) atoms. The Labute approximate surface area is 111 Å². The van der Waals surface area contributed by atoms with Gasteiger partial charge in [-0.05, 0) is 6.42 Å². The second-order valence-electron chi connectivity index (χ2n) is 3.70. The lowest BCUT2D eigenvalue weighted by Crippen LogP contribution is -2.49. The number of amides is 3. The normalized spacial score (nSPS) is 11.1. The maximum atomic E-state index is 11.7. The first-order chi connectivity index (χ1) is 9.04. The van der Waals surface area contributed by atoms with Crippen molar-refractivity contribution in [3.05, 3.63) is 0 Å². The van der Waals surface area contributed by atoms with Crippen molar-refractivity contribution in [2.45, 2.75) is 25.8 Å². The summed E-state index contributed by atoms with van der Waals surface area (Å²) in [6.45, 7) is 1.41. The van der Waals surface area contributed by atoms with Gasteiger partial charge >= 0.3 is 5.97 Å². The number of carbonyl (C=O) groups is 4. The molecule has 0 aliphatic rings. The first-order valence-corrected chi connectivity index (χ1v) is 5.86. The van der Waals surface area contributed by atoms with Gasteiger partial charge in [-0.1, -0.05) is 13.3 Å². The molecular formula is C11H19N3O5. The molecule has 0 rings (SSSR count). The molecule has 0 aliphatic carbocycles. The van der Waals surface area contributed by atoms with E-state index in [0.717, 1.165) is 0 Å². The molecule has 0 radical (unpaired) electrons. The molecule has 3 N–H and O–H groups in total. The Morgan fingerprint density at radius 3 is 2.47 bits per heavy atom. The van der Waals surface area contributed by atoms with Crippen LogP contribution in [0.1, 0.15) is 19.8 Å². The van der Waals surface area contributed by atoms with Gasteiger partial charge in [0.05, 0.1) is 13.7 Å². The zero-order valence-electron chi connectivity index (χ0n) is 11.0. The average molecular weight is 273 g/mol. The van der Waals surface area contributed by atoms with Crippen LogP contribution >= 0.6 is 0 Å². The number of hydrogen-bond donors (Lipinski definition) is 3. The van der Waals surface area contributed by atoms with Crippen LogP contribution in [-0.2, 0) is 23.9 Å². The van der Waals surface area contributed by atoms with E-state index in [0.29, 0.717) is 19.3 Å². The van der Waals surface area contributed by atoms with E-state index in [9.17, 15) is 19.2 Å². The minimum Gasteiger partial charge on any atom is -0.468 e. The number of esters is 1. The summed E-state index contributed by atoms with van der Waals surface area (Å²) in [4.78, 5) is 44.1. The molecule has 1 unspecified atom stereocenters. The van der Waals surface area contributed by atoms with Crippen LogP contribution < -0.4 is 16.0 Å². The lowest BCUT2D eigenvalue weighted by atomic mass is 10.1. The number of nitrogens with one attached hydrogen (secondary N) is 3. The van der Waals surface area contributed by atoms with Gasteiger partial charge < -0.3 is 20.7 Å². The van der Waals surface area contributed by atoms with Crippen molar-refractivity contribution in [3.63, 3.8) is 0 Å². The molecule has 108 valence electrons. The summed E-state index contributed by atoms with van der Waals surface area (Å²) in [5, 5.41) is 7.03. The third-order valence-corrected chi connectivity index (χ3v) is 2.21. The van der Waals surface area contributed by atoms with E-state index in [1.54, 1.807) is 0 Å². The molecule has 8 heteroatoms. The maximum absolute atomic E-state index is 11.7. The van der Waals surface area contributed by atoms with E-state index in [4.69, 9.17) is 0 Å². The fourth-order valence-corrected chi connectivity index (χ4v) is 1.29. The van der Waals surface area contributed by atoms with Gasteiger partial charge in [0.2, 0.25) is 18.2 Å². The monoisotopic (exact) mass is 273 g/mol. The van der Waals surface area contributed by atoms with Gasteiger partial charge in [-0.2, -0.15) is 0 Å². The topological polar surface area (TPSA) is 114 Å². The fourth-order valence-electron chi connectivity index (χ4n) is 1.29. The summed E-state index contributed by atoms with van der Waals surface area (Å²) in [5.74, 6) is -1.51. The predicted octanol–water partition coefficient (Wildman–Crippen LogP) is -1.69. The Kier molecular flexibility index (Phi) is 8.76. The molecule has 0 heterocycles. The lowest BCUT2D eigenvalue weighted by molar-refractivity contribution is -0.141. The van der Waals surface area contributed by atoms with Crippen LogP contribution in [0.5, 0.6) is 0 Å². The molecule has 0 saturated carbocycles. The summed E-state index contributed by atoms with van der Waals surface area (Å²) in [5.41, 5.74) is 0. The summed E-state index contributed by atoms with van der Waals surface area (Å²) in [7, 11) is 1.21. The van der Waals surface area contributed by atoms with Crippen LogP contribution in [0.4, 0.5) is 0 Å². The largest absolute Gasteiger partial charge is 0.468 e. The molecule has 0 aromatic heterocycles. The number of rotatable bonds is 9. The van der Waals surface area contributed by atoms with Crippen molar-refractivity contribution in [2.24, 2.45) is 0 Å². The summed E-state index contributed by atoms with van der Waals surface area (Å²) < 4.78 is 4.38. The Morgan fingerprint density at radius 2 is 1.95 bits per heavy atom. The van der Waals surface area contributed by atoms with Gasteiger partial charge in [0.15, 0.2) is 0 Å². The van der Waals surface area contributed by atoms with E-state index in [2.05, 4.69) is 20.7 Å². The number of ether oxygens (including phenoxy) is 1. The van der Waals surface area contributed by atoms with Crippen molar-refractivity contribution in [3.8, 4) is 0 Å². The third-order valence-electron chi connectivity index (χ3n) is 2.21. The van der Waals surface area contributed by atoms with Gasteiger partial charge in [0, 0.05) is 0 Å². The standard InChI is InChI=1S/C11H19N3O5/c1-3-4-8(14-9(16)5-12-7-15)11(18)13-6-10(17)19-2/h7-8H,3-6H2,1-2H3,(H,12,15)(H,13,18)(H,14,16). The molecule has 0 fully saturated rings. The highest BCUT2D eigenvalue weighted by Crippen LogP contribution is 1.96. The zero-order chi connectivity index (χ0) is 14.7. The van der Waals surface area contributed by atoms with E-state index >= 15 is 0 Å². The van der Waals surface area contributed by atoms with Crippen LogP contribution in [0.15, 0.2) is 0 Å². The first kappa shape index (κ1) is 16.9. The number of carbonyl (C=O) groups excluding carboxylic acids is 4. The van der Waals surface area contributed by atoms with E-state index < -0.39 is 23.8 Å². The van der Waals surface area contributed by atoms with E-state index in [-0.39, 0.29) is 13.1 Å². The highest BCUT2D eigenvalue weighted by Gasteiger charge is 2.20. The van der Waals surface area contributed by atoms with Crippen LogP contribution in [0, 0.1) is 0 Å². The van der Waals surface area contributed by atoms with Crippen LogP contribution in [-0.4, -0.2) is 50.4 Å². The van der Waals surface area contributed by atoms with Crippen molar-refractivity contribution < 1.29 is 23.9 Å². The molecule has 0 aliphatic heterocycles. The van der Waals surface area contributed by atoms with Gasteiger partial charge in [-0.25, -0.2) is 0 Å². The highest BCUT2D eigenvalue weighted by molar-refractivity contribution is 5.90. The molecular weight excluding hydrogens is 254 g/mol. The molecule has 3 amide bonds. The Hall–Kier alpha value is -2.12. The Bertz CT molecular complexity index is 332. The van der Waals surface area contributed by atoms with Gasteiger partial charge in [0.1, 0.15) is 12.6 Å². The second-order valence-corrected chi connectivity index (χ2v) is 3.70. The first-order valence-electron chi connectivity index (χ1n) is 5.86. The minimum absolute atomic E-state index is 0.200. The average Bonchev–Trinajstić information content (AvgIpc) is 2.41. The molecule has 0 saturated heterocycles. The Balaban J connectivity index is 4.28. The smallest absolute Gasteiger partial charge is 0.325 e. The van der Waals surface area contributed by atoms with Crippen LogP contribution in [0.3, 0.4) is 0 Å². The lowest BCUT2D eigenvalue weighted by Gasteiger charge is -2.17. The van der Waals surface area contributed by atoms with Gasteiger partial charge in [-0.3, -0.25) is 19.2 Å². The minimum atomic E-state index is -0.740. The third kappa shape index (κ3) is 7.74. The zero-order valence-corrected chi connectivity index (χ0v) is 11.0. The molecule has 0 spiro atoms. The van der Waals surface area contributed by atoms with E-state index in [1.165, 1.54) is 7.11 Å².